The monoisotopic (exact) mass is 365 g/mol. The molecule has 2 aromatic rings. The molecule has 2 aliphatic rings. The molecule has 27 heavy (non-hydrogen) atoms. The average molecular weight is 365 g/mol. The lowest BCUT2D eigenvalue weighted by molar-refractivity contribution is 0.145. The van der Waals surface area contributed by atoms with E-state index in [0.29, 0.717) is 22.5 Å². The maximum absolute atomic E-state index is 9.70. The molecule has 2 heterocycles. The van der Waals surface area contributed by atoms with E-state index in [1.54, 1.807) is 0 Å². The van der Waals surface area contributed by atoms with Gasteiger partial charge in [-0.25, -0.2) is 9.97 Å². The third-order valence-electron chi connectivity index (χ3n) is 5.82. The van der Waals surface area contributed by atoms with E-state index in [4.69, 9.17) is 11.1 Å². The second kappa shape index (κ2) is 6.93. The van der Waals surface area contributed by atoms with Gasteiger partial charge in [0.2, 0.25) is 0 Å². The van der Waals surface area contributed by atoms with E-state index in [2.05, 4.69) is 27.9 Å². The summed E-state index contributed by atoms with van der Waals surface area (Å²) in [7, 11) is 0. The van der Waals surface area contributed by atoms with Gasteiger partial charge in [0.05, 0.1) is 17.5 Å². The molecular formula is C21H27N5O. The molecule has 1 aromatic carbocycles. The standard InChI is InChI=1S/C21H27N5O/c1-21(6-7-21)12-14-2-3-17(22)16(10-14)20(23)18-11-19(25-13-24-18)26-8-4-15(27)5-9-26/h2-3,10-11,13,15,23,27H,4-9,12,22H2,1H3. The number of nitrogens with zero attached hydrogens (tertiary/aromatic N) is 3. The summed E-state index contributed by atoms with van der Waals surface area (Å²) in [5.74, 6) is 0.803. The summed E-state index contributed by atoms with van der Waals surface area (Å²) in [5.41, 5.74) is 10.1. The van der Waals surface area contributed by atoms with Crippen LogP contribution in [0.25, 0.3) is 0 Å². The first-order valence-electron chi connectivity index (χ1n) is 9.66. The molecule has 0 unspecified atom stereocenters. The van der Waals surface area contributed by atoms with Crippen molar-refractivity contribution in [1.82, 2.24) is 9.97 Å². The number of nitrogens with two attached hydrogens (primary N) is 1. The summed E-state index contributed by atoms with van der Waals surface area (Å²) in [5, 5.41) is 18.4. The van der Waals surface area contributed by atoms with E-state index >= 15 is 0 Å². The predicted octanol–water partition coefficient (Wildman–Crippen LogP) is 2.78. The number of aliphatic hydroxyl groups excluding tert-OH is 1. The number of benzene rings is 1. The van der Waals surface area contributed by atoms with Crippen LogP contribution >= 0.6 is 0 Å². The third kappa shape index (κ3) is 3.95. The van der Waals surface area contributed by atoms with Gasteiger partial charge in [-0.3, -0.25) is 5.41 Å². The van der Waals surface area contributed by atoms with Crippen molar-refractivity contribution in [3.63, 3.8) is 0 Å². The van der Waals surface area contributed by atoms with Gasteiger partial charge in [-0.05, 0) is 55.2 Å². The van der Waals surface area contributed by atoms with Crippen LogP contribution in [0.1, 0.15) is 49.4 Å². The van der Waals surface area contributed by atoms with Gasteiger partial charge in [0, 0.05) is 30.4 Å². The molecule has 1 aromatic heterocycles. The largest absolute Gasteiger partial charge is 0.398 e. The summed E-state index contributed by atoms with van der Waals surface area (Å²) in [6.07, 6.45) is 6.33. The fraction of sp³-hybridized carbons (Fsp3) is 0.476. The second-order valence-electron chi connectivity index (χ2n) is 8.26. The summed E-state index contributed by atoms with van der Waals surface area (Å²) >= 11 is 0. The van der Waals surface area contributed by atoms with Crippen LogP contribution < -0.4 is 10.6 Å². The van der Waals surface area contributed by atoms with E-state index in [9.17, 15) is 5.11 Å². The van der Waals surface area contributed by atoms with E-state index in [-0.39, 0.29) is 6.10 Å². The van der Waals surface area contributed by atoms with E-state index in [0.717, 1.165) is 43.7 Å². The molecular weight excluding hydrogens is 338 g/mol. The van der Waals surface area contributed by atoms with Crippen molar-refractivity contribution in [2.75, 3.05) is 23.7 Å². The summed E-state index contributed by atoms with van der Waals surface area (Å²) in [4.78, 5) is 10.8. The van der Waals surface area contributed by atoms with Gasteiger partial charge in [0.25, 0.3) is 0 Å². The van der Waals surface area contributed by atoms with Gasteiger partial charge in [-0.1, -0.05) is 13.0 Å². The first kappa shape index (κ1) is 17.9. The lowest BCUT2D eigenvalue weighted by Crippen LogP contribution is -2.36. The highest BCUT2D eigenvalue weighted by atomic mass is 16.3. The Balaban J connectivity index is 1.57. The Labute approximate surface area is 160 Å². The average Bonchev–Trinajstić information content (AvgIpc) is 3.40. The first-order chi connectivity index (χ1) is 12.9. The highest BCUT2D eigenvalue weighted by Crippen LogP contribution is 2.47. The molecule has 2 fully saturated rings. The topological polar surface area (TPSA) is 99.1 Å². The van der Waals surface area contributed by atoms with Crippen LogP contribution in [0.5, 0.6) is 0 Å². The Morgan fingerprint density at radius 3 is 2.70 bits per heavy atom. The number of hydrogen-bond acceptors (Lipinski definition) is 6. The number of aliphatic hydroxyl groups is 1. The van der Waals surface area contributed by atoms with Crippen LogP contribution in [0.4, 0.5) is 11.5 Å². The number of piperidine rings is 1. The van der Waals surface area contributed by atoms with Crippen LogP contribution in [0.2, 0.25) is 0 Å². The Kier molecular flexibility index (Phi) is 4.60. The Morgan fingerprint density at radius 1 is 1.26 bits per heavy atom. The maximum atomic E-state index is 9.70. The zero-order valence-corrected chi connectivity index (χ0v) is 15.8. The molecule has 6 heteroatoms. The van der Waals surface area contributed by atoms with Crippen molar-refractivity contribution in [2.45, 2.75) is 45.1 Å². The van der Waals surface area contributed by atoms with Crippen LogP contribution in [-0.4, -0.2) is 40.0 Å². The van der Waals surface area contributed by atoms with Crippen LogP contribution in [0.3, 0.4) is 0 Å². The molecule has 4 N–H and O–H groups in total. The molecule has 1 aliphatic carbocycles. The molecule has 6 nitrogen and oxygen atoms in total. The van der Waals surface area contributed by atoms with Crippen LogP contribution in [0, 0.1) is 10.8 Å². The van der Waals surface area contributed by atoms with Gasteiger partial charge >= 0.3 is 0 Å². The van der Waals surface area contributed by atoms with Gasteiger partial charge in [0.1, 0.15) is 12.1 Å². The first-order valence-corrected chi connectivity index (χ1v) is 9.66. The minimum Gasteiger partial charge on any atom is -0.398 e. The molecule has 0 radical (unpaired) electrons. The maximum Gasteiger partial charge on any atom is 0.132 e. The number of nitrogens with one attached hydrogen (secondary N) is 1. The molecule has 0 spiro atoms. The normalized spacial score (nSPS) is 19.1. The lowest BCUT2D eigenvalue weighted by atomic mass is 9.95. The van der Waals surface area contributed by atoms with Gasteiger partial charge in [-0.2, -0.15) is 0 Å². The second-order valence-corrected chi connectivity index (χ2v) is 8.26. The number of nitrogen functional groups attached to an aromatic ring is 1. The van der Waals surface area contributed by atoms with Crippen molar-refractivity contribution in [1.29, 1.82) is 5.41 Å². The Hall–Kier alpha value is -2.47. The molecule has 4 rings (SSSR count). The Bertz CT molecular complexity index is 853. The molecule has 1 saturated heterocycles. The fourth-order valence-corrected chi connectivity index (χ4v) is 3.70. The van der Waals surface area contributed by atoms with Crippen LogP contribution in [-0.2, 0) is 6.42 Å². The van der Waals surface area contributed by atoms with Crippen molar-refractivity contribution in [3.8, 4) is 0 Å². The molecule has 1 saturated carbocycles. The Morgan fingerprint density at radius 2 is 2.00 bits per heavy atom. The number of hydrogen-bond donors (Lipinski definition) is 3. The number of rotatable bonds is 5. The number of aromatic nitrogens is 2. The van der Waals surface area contributed by atoms with Gasteiger partial charge < -0.3 is 15.7 Å². The van der Waals surface area contributed by atoms with Crippen molar-refractivity contribution < 1.29 is 5.11 Å². The summed E-state index contributed by atoms with van der Waals surface area (Å²) < 4.78 is 0. The highest BCUT2D eigenvalue weighted by molar-refractivity contribution is 6.13. The smallest absolute Gasteiger partial charge is 0.132 e. The summed E-state index contributed by atoms with van der Waals surface area (Å²) in [6, 6.07) is 7.87. The van der Waals surface area contributed by atoms with E-state index in [1.807, 2.05) is 18.2 Å². The zero-order valence-electron chi connectivity index (χ0n) is 15.8. The lowest BCUT2D eigenvalue weighted by Gasteiger charge is -2.30. The zero-order chi connectivity index (χ0) is 19.0. The molecule has 0 amide bonds. The van der Waals surface area contributed by atoms with Crippen molar-refractivity contribution in [2.24, 2.45) is 5.41 Å². The molecule has 142 valence electrons. The number of anilines is 2. The van der Waals surface area contributed by atoms with Gasteiger partial charge in [0.15, 0.2) is 0 Å². The minimum absolute atomic E-state index is 0.225. The third-order valence-corrected chi connectivity index (χ3v) is 5.82. The van der Waals surface area contributed by atoms with Crippen molar-refractivity contribution in [3.05, 3.63) is 47.4 Å². The quantitative estimate of drug-likeness (QED) is 0.559. The summed E-state index contributed by atoms with van der Waals surface area (Å²) in [6.45, 7) is 3.84. The minimum atomic E-state index is -0.225. The van der Waals surface area contributed by atoms with Gasteiger partial charge in [-0.15, -0.1) is 0 Å². The fourth-order valence-electron chi connectivity index (χ4n) is 3.70. The molecule has 0 atom stereocenters. The van der Waals surface area contributed by atoms with E-state index in [1.165, 1.54) is 24.7 Å². The highest BCUT2D eigenvalue weighted by Gasteiger charge is 2.37. The van der Waals surface area contributed by atoms with Crippen molar-refractivity contribution >= 4 is 17.2 Å². The predicted molar refractivity (Wildman–Crippen MR) is 107 cm³/mol. The molecule has 0 bridgehead atoms. The van der Waals surface area contributed by atoms with Crippen LogP contribution in [0.15, 0.2) is 30.6 Å². The molecule has 1 aliphatic heterocycles. The SMILES string of the molecule is CC1(Cc2ccc(N)c(C(=N)c3cc(N4CCC(O)CC4)ncn3)c2)CC1. The van der Waals surface area contributed by atoms with E-state index < -0.39 is 0 Å².